The molecule has 1 nitrogen and oxygen atoms in total. The Bertz CT molecular complexity index is 534. The van der Waals surface area contributed by atoms with Crippen molar-refractivity contribution >= 4 is 15.9 Å². The summed E-state index contributed by atoms with van der Waals surface area (Å²) in [6, 6.07) is 14.7. The summed E-state index contributed by atoms with van der Waals surface area (Å²) in [7, 11) is 0. The summed E-state index contributed by atoms with van der Waals surface area (Å²) >= 11 is 3.62. The molecule has 0 heterocycles. The molecular formula is C16H18BrN. The van der Waals surface area contributed by atoms with E-state index in [4.69, 9.17) is 5.73 Å². The van der Waals surface area contributed by atoms with E-state index in [0.29, 0.717) is 0 Å². The summed E-state index contributed by atoms with van der Waals surface area (Å²) < 4.78 is 1.11. The molecule has 0 fully saturated rings. The van der Waals surface area contributed by atoms with Gasteiger partial charge in [-0.05, 0) is 48.6 Å². The molecule has 0 radical (unpaired) electrons. The molecule has 0 aliphatic rings. The second-order valence-corrected chi connectivity index (χ2v) is 5.61. The molecule has 2 rings (SSSR count). The summed E-state index contributed by atoms with van der Waals surface area (Å²) in [6.45, 7) is 4.24. The van der Waals surface area contributed by atoms with E-state index >= 15 is 0 Å². The average Bonchev–Trinajstić information content (AvgIpc) is 2.35. The topological polar surface area (TPSA) is 26.0 Å². The zero-order valence-electron chi connectivity index (χ0n) is 10.8. The minimum absolute atomic E-state index is 0.0288. The molecule has 94 valence electrons. The first-order chi connectivity index (χ1) is 8.58. The third kappa shape index (κ3) is 3.01. The smallest absolute Gasteiger partial charge is 0.0347 e. The highest BCUT2D eigenvalue weighted by molar-refractivity contribution is 9.10. The molecule has 0 aliphatic carbocycles. The van der Waals surface area contributed by atoms with Crippen LogP contribution in [0.5, 0.6) is 0 Å². The van der Waals surface area contributed by atoms with Crippen LogP contribution in [-0.2, 0) is 6.42 Å². The van der Waals surface area contributed by atoms with Crippen molar-refractivity contribution < 1.29 is 0 Å². The maximum Gasteiger partial charge on any atom is 0.0347 e. The van der Waals surface area contributed by atoms with Gasteiger partial charge in [-0.25, -0.2) is 0 Å². The van der Waals surface area contributed by atoms with Crippen molar-refractivity contribution in [2.75, 3.05) is 0 Å². The van der Waals surface area contributed by atoms with E-state index < -0.39 is 0 Å². The van der Waals surface area contributed by atoms with Crippen LogP contribution < -0.4 is 5.73 Å². The van der Waals surface area contributed by atoms with Crippen LogP contribution in [0.2, 0.25) is 0 Å². The normalized spacial score (nSPS) is 12.4. The fourth-order valence-corrected chi connectivity index (χ4v) is 2.82. The highest BCUT2D eigenvalue weighted by Crippen LogP contribution is 2.27. The molecule has 2 aromatic rings. The molecule has 1 unspecified atom stereocenters. The second kappa shape index (κ2) is 5.68. The third-order valence-corrected chi connectivity index (χ3v) is 4.00. The zero-order chi connectivity index (χ0) is 13.1. The molecule has 2 N–H and O–H groups in total. The summed E-state index contributed by atoms with van der Waals surface area (Å²) in [6.07, 6.45) is 0.863. The molecular weight excluding hydrogens is 286 g/mol. The van der Waals surface area contributed by atoms with Crippen molar-refractivity contribution in [3.8, 4) is 0 Å². The average molecular weight is 304 g/mol. The summed E-state index contributed by atoms with van der Waals surface area (Å²) in [4.78, 5) is 0. The Balaban J connectivity index is 2.24. The minimum atomic E-state index is 0.0288. The summed E-state index contributed by atoms with van der Waals surface area (Å²) in [5.41, 5.74) is 11.4. The van der Waals surface area contributed by atoms with Crippen molar-refractivity contribution in [3.63, 3.8) is 0 Å². The third-order valence-electron chi connectivity index (χ3n) is 3.31. The van der Waals surface area contributed by atoms with Gasteiger partial charge in [0.15, 0.2) is 0 Å². The van der Waals surface area contributed by atoms with E-state index in [0.717, 1.165) is 10.9 Å². The molecule has 0 bridgehead atoms. The van der Waals surface area contributed by atoms with Crippen molar-refractivity contribution in [1.82, 2.24) is 0 Å². The lowest BCUT2D eigenvalue weighted by atomic mass is 9.97. The van der Waals surface area contributed by atoms with Crippen molar-refractivity contribution in [3.05, 3.63) is 69.2 Å². The predicted octanol–water partition coefficient (Wildman–Crippen LogP) is 4.31. The lowest BCUT2D eigenvalue weighted by molar-refractivity contribution is 0.717. The number of rotatable bonds is 3. The Labute approximate surface area is 117 Å². The fraction of sp³-hybridized carbons (Fsp3) is 0.250. The van der Waals surface area contributed by atoms with E-state index in [1.165, 1.54) is 22.3 Å². The summed E-state index contributed by atoms with van der Waals surface area (Å²) in [5, 5.41) is 0. The number of benzene rings is 2. The van der Waals surface area contributed by atoms with E-state index in [-0.39, 0.29) is 6.04 Å². The Morgan fingerprint density at radius 2 is 1.67 bits per heavy atom. The van der Waals surface area contributed by atoms with Crippen LogP contribution in [0.25, 0.3) is 0 Å². The number of hydrogen-bond donors (Lipinski definition) is 1. The molecule has 0 aromatic heterocycles. The first kappa shape index (κ1) is 13.3. The van der Waals surface area contributed by atoms with Gasteiger partial charge in [-0.3, -0.25) is 0 Å². The molecule has 0 saturated carbocycles. The molecule has 0 spiro atoms. The number of hydrogen-bond acceptors (Lipinski definition) is 1. The quantitative estimate of drug-likeness (QED) is 0.898. The van der Waals surface area contributed by atoms with Gasteiger partial charge in [-0.15, -0.1) is 0 Å². The Morgan fingerprint density at radius 1 is 1.06 bits per heavy atom. The van der Waals surface area contributed by atoms with Crippen molar-refractivity contribution in [2.45, 2.75) is 26.3 Å². The van der Waals surface area contributed by atoms with Crippen molar-refractivity contribution in [2.24, 2.45) is 5.73 Å². The maximum atomic E-state index is 6.32. The fourth-order valence-electron chi connectivity index (χ4n) is 2.07. The monoisotopic (exact) mass is 303 g/mol. The van der Waals surface area contributed by atoms with Gasteiger partial charge >= 0.3 is 0 Å². The number of aryl methyl sites for hydroxylation is 2. The lowest BCUT2D eigenvalue weighted by Crippen LogP contribution is -2.14. The molecule has 0 amide bonds. The molecule has 0 saturated heterocycles. The second-order valence-electron chi connectivity index (χ2n) is 4.75. The van der Waals surface area contributed by atoms with Crippen molar-refractivity contribution in [1.29, 1.82) is 0 Å². The van der Waals surface area contributed by atoms with Gasteiger partial charge in [0.2, 0.25) is 0 Å². The summed E-state index contributed by atoms with van der Waals surface area (Å²) in [5.74, 6) is 0. The van der Waals surface area contributed by atoms with Gasteiger partial charge in [0.05, 0.1) is 0 Å². The van der Waals surface area contributed by atoms with Crippen LogP contribution >= 0.6 is 15.9 Å². The van der Waals surface area contributed by atoms with Gasteiger partial charge in [0, 0.05) is 10.5 Å². The standard InChI is InChI=1S/C16H18BrN/c1-11-8-14(15(17)9-12(11)2)16(18)10-13-6-4-3-5-7-13/h3-9,16H,10,18H2,1-2H3. The highest BCUT2D eigenvalue weighted by atomic mass is 79.9. The molecule has 2 heteroatoms. The van der Waals surface area contributed by atoms with Crippen LogP contribution in [0.1, 0.15) is 28.3 Å². The van der Waals surface area contributed by atoms with E-state index in [1.54, 1.807) is 0 Å². The van der Waals surface area contributed by atoms with Gasteiger partial charge < -0.3 is 5.73 Å². The lowest BCUT2D eigenvalue weighted by Gasteiger charge is -2.16. The zero-order valence-corrected chi connectivity index (χ0v) is 12.4. The van der Waals surface area contributed by atoms with Crippen LogP contribution in [0.4, 0.5) is 0 Å². The first-order valence-corrected chi connectivity index (χ1v) is 6.93. The maximum absolute atomic E-state index is 6.32. The Morgan fingerprint density at radius 3 is 2.33 bits per heavy atom. The van der Waals surface area contributed by atoms with Gasteiger partial charge in [-0.1, -0.05) is 52.3 Å². The number of halogens is 1. The van der Waals surface area contributed by atoms with E-state index in [1.807, 2.05) is 6.07 Å². The van der Waals surface area contributed by atoms with Gasteiger partial charge in [0.1, 0.15) is 0 Å². The Hall–Kier alpha value is -1.12. The van der Waals surface area contributed by atoms with E-state index in [2.05, 4.69) is 66.2 Å². The number of nitrogens with two attached hydrogens (primary N) is 1. The molecule has 0 aliphatic heterocycles. The Kier molecular flexibility index (Phi) is 4.20. The largest absolute Gasteiger partial charge is 0.324 e. The van der Waals surface area contributed by atoms with Crippen LogP contribution in [0.3, 0.4) is 0 Å². The van der Waals surface area contributed by atoms with Crippen LogP contribution in [0.15, 0.2) is 46.9 Å². The highest BCUT2D eigenvalue weighted by Gasteiger charge is 2.12. The molecule has 1 atom stereocenters. The predicted molar refractivity (Wildman–Crippen MR) is 80.7 cm³/mol. The molecule has 18 heavy (non-hydrogen) atoms. The van der Waals surface area contributed by atoms with Crippen LogP contribution in [0, 0.1) is 13.8 Å². The van der Waals surface area contributed by atoms with E-state index in [9.17, 15) is 0 Å². The van der Waals surface area contributed by atoms with Gasteiger partial charge in [-0.2, -0.15) is 0 Å². The first-order valence-electron chi connectivity index (χ1n) is 6.14. The minimum Gasteiger partial charge on any atom is -0.324 e. The SMILES string of the molecule is Cc1cc(Br)c(C(N)Cc2ccccc2)cc1C. The molecule has 2 aromatic carbocycles. The van der Waals surface area contributed by atoms with Gasteiger partial charge in [0.25, 0.3) is 0 Å². The van der Waals surface area contributed by atoms with Crippen LogP contribution in [-0.4, -0.2) is 0 Å².